The number of benzene rings is 3. The van der Waals surface area contributed by atoms with Gasteiger partial charge in [-0.1, -0.05) is 53.2 Å². The highest BCUT2D eigenvalue weighted by molar-refractivity contribution is 8.18. The lowest BCUT2D eigenvalue weighted by Gasteiger charge is -2.13. The minimum absolute atomic E-state index is 0.172. The van der Waals surface area contributed by atoms with Crippen molar-refractivity contribution >= 4 is 63.9 Å². The molecule has 0 N–H and O–H groups in total. The SMILES string of the molecule is O=C1S/C(=C\c2ccccc2Sc2ccc(Cl)cc2)C(=O)N1CCOc1ccc(Cl)cc1. The lowest BCUT2D eigenvalue weighted by atomic mass is 10.2. The zero-order chi connectivity index (χ0) is 22.5. The highest BCUT2D eigenvalue weighted by Gasteiger charge is 2.34. The third kappa shape index (κ3) is 5.70. The Balaban J connectivity index is 1.44. The summed E-state index contributed by atoms with van der Waals surface area (Å²) in [6.45, 7) is 0.377. The van der Waals surface area contributed by atoms with Crippen LogP contribution in [0.1, 0.15) is 5.56 Å². The standard InChI is InChI=1S/C24H17Cl2NO3S2/c25-17-5-9-19(10-6-17)30-14-13-27-23(28)22(32-24(27)29)15-16-3-1-2-4-21(16)31-20-11-7-18(26)8-12-20/h1-12,15H,13-14H2/b22-15-. The van der Waals surface area contributed by atoms with Gasteiger partial charge in [0, 0.05) is 19.8 Å². The number of amides is 2. The first-order chi connectivity index (χ1) is 15.5. The van der Waals surface area contributed by atoms with E-state index in [2.05, 4.69) is 0 Å². The number of thioether (sulfide) groups is 1. The monoisotopic (exact) mass is 501 g/mol. The van der Waals surface area contributed by atoms with E-state index in [9.17, 15) is 9.59 Å². The van der Waals surface area contributed by atoms with E-state index in [0.717, 1.165) is 27.1 Å². The van der Waals surface area contributed by atoms with Crippen LogP contribution >= 0.6 is 46.7 Å². The van der Waals surface area contributed by atoms with Gasteiger partial charge in [-0.2, -0.15) is 0 Å². The molecule has 0 bridgehead atoms. The van der Waals surface area contributed by atoms with E-state index in [-0.39, 0.29) is 24.3 Å². The molecule has 3 aromatic rings. The summed E-state index contributed by atoms with van der Waals surface area (Å²) in [4.78, 5) is 28.9. The van der Waals surface area contributed by atoms with Crippen molar-refractivity contribution in [2.75, 3.05) is 13.2 Å². The molecular formula is C24H17Cl2NO3S2. The van der Waals surface area contributed by atoms with Crippen LogP contribution in [-0.4, -0.2) is 29.2 Å². The highest BCUT2D eigenvalue weighted by atomic mass is 35.5. The first-order valence-electron chi connectivity index (χ1n) is 9.66. The van der Waals surface area contributed by atoms with Crippen LogP contribution in [0, 0.1) is 0 Å². The molecule has 1 saturated heterocycles. The molecule has 1 heterocycles. The van der Waals surface area contributed by atoms with Crippen molar-refractivity contribution in [3.63, 3.8) is 0 Å². The Morgan fingerprint density at radius 2 is 1.56 bits per heavy atom. The third-order valence-electron chi connectivity index (χ3n) is 4.52. The molecule has 3 aromatic carbocycles. The minimum atomic E-state index is -0.314. The van der Waals surface area contributed by atoms with Crippen molar-refractivity contribution in [2.45, 2.75) is 9.79 Å². The summed E-state index contributed by atoms with van der Waals surface area (Å²) in [6, 6.07) is 22.2. The maximum Gasteiger partial charge on any atom is 0.293 e. The van der Waals surface area contributed by atoms with Crippen molar-refractivity contribution < 1.29 is 14.3 Å². The summed E-state index contributed by atoms with van der Waals surface area (Å²) >= 11 is 14.3. The van der Waals surface area contributed by atoms with Gasteiger partial charge in [0.05, 0.1) is 11.4 Å². The van der Waals surface area contributed by atoms with Gasteiger partial charge in [-0.15, -0.1) is 0 Å². The number of imide groups is 1. The summed E-state index contributed by atoms with van der Waals surface area (Å²) in [6.07, 6.45) is 1.77. The first kappa shape index (κ1) is 22.8. The second kappa shape index (κ2) is 10.5. The van der Waals surface area contributed by atoms with Crippen molar-refractivity contribution in [3.05, 3.63) is 93.3 Å². The van der Waals surface area contributed by atoms with E-state index in [4.69, 9.17) is 27.9 Å². The van der Waals surface area contributed by atoms with Gasteiger partial charge in [0.15, 0.2) is 0 Å². The van der Waals surface area contributed by atoms with Gasteiger partial charge in [0.25, 0.3) is 11.1 Å². The number of carbonyl (C=O) groups excluding carboxylic acids is 2. The normalized spacial score (nSPS) is 14.9. The number of hydrogen-bond acceptors (Lipinski definition) is 5. The van der Waals surface area contributed by atoms with Crippen LogP contribution in [0.2, 0.25) is 10.0 Å². The third-order valence-corrected chi connectivity index (χ3v) is 7.03. The van der Waals surface area contributed by atoms with Gasteiger partial charge >= 0.3 is 0 Å². The van der Waals surface area contributed by atoms with Gasteiger partial charge < -0.3 is 4.74 Å². The van der Waals surface area contributed by atoms with Crippen molar-refractivity contribution in [1.29, 1.82) is 0 Å². The molecule has 0 saturated carbocycles. The predicted octanol–water partition coefficient (Wildman–Crippen LogP) is 7.26. The van der Waals surface area contributed by atoms with Crippen molar-refractivity contribution in [3.8, 4) is 5.75 Å². The van der Waals surface area contributed by atoms with Crippen LogP contribution in [0.5, 0.6) is 5.75 Å². The van der Waals surface area contributed by atoms with Crippen LogP contribution in [0.25, 0.3) is 6.08 Å². The van der Waals surface area contributed by atoms with Crippen LogP contribution in [0.4, 0.5) is 4.79 Å². The van der Waals surface area contributed by atoms with Gasteiger partial charge in [-0.25, -0.2) is 0 Å². The fraction of sp³-hybridized carbons (Fsp3) is 0.0833. The first-order valence-corrected chi connectivity index (χ1v) is 12.0. The molecule has 2 amide bonds. The molecule has 8 heteroatoms. The highest BCUT2D eigenvalue weighted by Crippen LogP contribution is 2.36. The smallest absolute Gasteiger partial charge is 0.293 e. The quantitative estimate of drug-likeness (QED) is 0.318. The number of carbonyl (C=O) groups is 2. The maximum atomic E-state index is 12.8. The van der Waals surface area contributed by atoms with Crippen LogP contribution in [0.3, 0.4) is 0 Å². The summed E-state index contributed by atoms with van der Waals surface area (Å²) < 4.78 is 5.62. The lowest BCUT2D eigenvalue weighted by molar-refractivity contribution is -0.123. The Bertz CT molecular complexity index is 1160. The van der Waals surface area contributed by atoms with E-state index in [1.54, 1.807) is 42.1 Å². The topological polar surface area (TPSA) is 46.6 Å². The number of rotatable bonds is 7. The van der Waals surface area contributed by atoms with E-state index >= 15 is 0 Å². The van der Waals surface area contributed by atoms with E-state index in [0.29, 0.717) is 20.7 Å². The number of ether oxygens (including phenoxy) is 1. The van der Waals surface area contributed by atoms with Gasteiger partial charge in [-0.05, 0) is 78.0 Å². The summed E-state index contributed by atoms with van der Waals surface area (Å²) in [7, 11) is 0. The second-order valence-corrected chi connectivity index (χ2v) is 9.71. The minimum Gasteiger partial charge on any atom is -0.492 e. The molecule has 1 aliphatic rings. The molecular weight excluding hydrogens is 485 g/mol. The zero-order valence-corrected chi connectivity index (χ0v) is 19.8. The average molecular weight is 502 g/mol. The molecule has 0 spiro atoms. The molecule has 4 rings (SSSR count). The molecule has 162 valence electrons. The summed E-state index contributed by atoms with van der Waals surface area (Å²) in [5, 5.41) is 0.989. The molecule has 1 fully saturated rings. The fourth-order valence-electron chi connectivity index (χ4n) is 2.94. The van der Waals surface area contributed by atoms with E-state index in [1.165, 1.54) is 4.90 Å². The Hall–Kier alpha value is -2.38. The Labute approximate surface area is 204 Å². The molecule has 0 unspecified atom stereocenters. The van der Waals surface area contributed by atoms with Crippen LogP contribution < -0.4 is 4.74 Å². The molecule has 32 heavy (non-hydrogen) atoms. The van der Waals surface area contributed by atoms with Crippen LogP contribution in [-0.2, 0) is 4.79 Å². The lowest BCUT2D eigenvalue weighted by Crippen LogP contribution is -2.32. The Kier molecular flexibility index (Phi) is 7.48. The zero-order valence-electron chi connectivity index (χ0n) is 16.7. The summed E-state index contributed by atoms with van der Waals surface area (Å²) in [5.41, 5.74) is 0.871. The molecule has 0 atom stereocenters. The molecule has 1 aliphatic heterocycles. The molecule has 4 nitrogen and oxygen atoms in total. The van der Waals surface area contributed by atoms with Crippen molar-refractivity contribution in [1.82, 2.24) is 4.90 Å². The van der Waals surface area contributed by atoms with Gasteiger partial charge in [0.1, 0.15) is 12.4 Å². The predicted molar refractivity (Wildman–Crippen MR) is 132 cm³/mol. The molecule has 0 aromatic heterocycles. The second-order valence-electron chi connectivity index (χ2n) is 6.73. The number of hydrogen-bond donors (Lipinski definition) is 0. The van der Waals surface area contributed by atoms with E-state index in [1.807, 2.05) is 48.5 Å². The fourth-order valence-corrected chi connectivity index (χ4v) is 4.97. The molecule has 0 radical (unpaired) electrons. The van der Waals surface area contributed by atoms with Crippen LogP contribution in [0.15, 0.2) is 87.5 Å². The maximum absolute atomic E-state index is 12.8. The largest absolute Gasteiger partial charge is 0.492 e. The van der Waals surface area contributed by atoms with Gasteiger partial charge in [-0.3, -0.25) is 14.5 Å². The van der Waals surface area contributed by atoms with E-state index < -0.39 is 0 Å². The summed E-state index contributed by atoms with van der Waals surface area (Å²) in [5.74, 6) is 0.316. The van der Waals surface area contributed by atoms with Gasteiger partial charge in [0.2, 0.25) is 0 Å². The average Bonchev–Trinajstić information content (AvgIpc) is 3.05. The number of nitrogens with zero attached hydrogens (tertiary/aromatic N) is 1. The molecule has 0 aliphatic carbocycles. The Morgan fingerprint density at radius 1 is 0.906 bits per heavy atom. The Morgan fingerprint density at radius 3 is 2.28 bits per heavy atom. The number of halogens is 2. The van der Waals surface area contributed by atoms with Crippen molar-refractivity contribution in [2.24, 2.45) is 0 Å².